The topological polar surface area (TPSA) is 74.4 Å². The highest BCUT2D eigenvalue weighted by atomic mass is 16.6. The van der Waals surface area contributed by atoms with Crippen LogP contribution in [0.2, 0.25) is 0 Å². The fraction of sp³-hybridized carbons (Fsp3) is 0.105. The lowest BCUT2D eigenvalue weighted by atomic mass is 10.1. The molecular weight excluding hydrogens is 320 g/mol. The number of nitrogens with zero attached hydrogens (tertiary/aromatic N) is 2. The number of non-ortho nitro benzene ring substituents is 1. The van der Waals surface area contributed by atoms with E-state index in [-0.39, 0.29) is 18.2 Å². The quantitative estimate of drug-likeness (QED) is 0.402. The second-order valence-corrected chi connectivity index (χ2v) is 5.44. The summed E-state index contributed by atoms with van der Waals surface area (Å²) in [5.74, 6) is -0.364. The van der Waals surface area contributed by atoms with Crippen LogP contribution in [0.1, 0.15) is 0 Å². The van der Waals surface area contributed by atoms with E-state index in [1.54, 1.807) is 12.1 Å². The highest BCUT2D eigenvalue weighted by Gasteiger charge is 2.15. The van der Waals surface area contributed by atoms with Crippen LogP contribution in [0.4, 0.5) is 5.69 Å². The molecule has 0 bridgehead atoms. The highest BCUT2D eigenvalue weighted by Crippen LogP contribution is 2.30. The van der Waals surface area contributed by atoms with Crippen molar-refractivity contribution in [3.05, 3.63) is 76.8 Å². The number of hydrogen-bond donors (Lipinski definition) is 0. The molecule has 126 valence electrons. The van der Waals surface area contributed by atoms with E-state index in [1.165, 1.54) is 19.2 Å². The molecule has 0 atom stereocenters. The fourth-order valence-corrected chi connectivity index (χ4v) is 2.70. The highest BCUT2D eigenvalue weighted by molar-refractivity contribution is 5.75. The molecule has 0 radical (unpaired) electrons. The molecule has 0 unspecified atom stereocenters. The predicted octanol–water partition coefficient (Wildman–Crippen LogP) is 3.90. The van der Waals surface area contributed by atoms with Crippen molar-refractivity contribution in [2.45, 2.75) is 6.54 Å². The van der Waals surface area contributed by atoms with Crippen LogP contribution >= 0.6 is 0 Å². The molecule has 1 aromatic heterocycles. The van der Waals surface area contributed by atoms with Crippen LogP contribution in [0.15, 0.2) is 66.7 Å². The van der Waals surface area contributed by atoms with Crippen molar-refractivity contribution in [1.82, 2.24) is 4.57 Å². The van der Waals surface area contributed by atoms with Crippen LogP contribution in [0, 0.1) is 10.1 Å². The molecule has 6 nitrogen and oxygen atoms in total. The van der Waals surface area contributed by atoms with Crippen LogP contribution in [0.5, 0.6) is 0 Å². The van der Waals surface area contributed by atoms with Gasteiger partial charge in [-0.25, -0.2) is 0 Å². The minimum atomic E-state index is -0.438. The predicted molar refractivity (Wildman–Crippen MR) is 94.0 cm³/mol. The lowest BCUT2D eigenvalue weighted by Gasteiger charge is -2.13. The van der Waals surface area contributed by atoms with E-state index < -0.39 is 4.92 Å². The standard InChI is InChI=1S/C19H16N2O4/c1-25-19(22)13-20-17(14-5-3-2-4-6-14)11-12-18(20)15-7-9-16(10-8-15)21(23)24/h2-12H,13H2,1H3. The molecule has 2 aromatic carbocycles. The number of ether oxygens (including phenoxy) is 1. The smallest absolute Gasteiger partial charge is 0.325 e. The van der Waals surface area contributed by atoms with Gasteiger partial charge in [0.2, 0.25) is 0 Å². The van der Waals surface area contributed by atoms with E-state index in [4.69, 9.17) is 4.74 Å². The molecule has 0 saturated heterocycles. The lowest BCUT2D eigenvalue weighted by molar-refractivity contribution is -0.384. The van der Waals surface area contributed by atoms with E-state index in [0.717, 1.165) is 22.5 Å². The Morgan fingerprint density at radius 3 is 2.04 bits per heavy atom. The summed E-state index contributed by atoms with van der Waals surface area (Å²) in [7, 11) is 1.35. The summed E-state index contributed by atoms with van der Waals surface area (Å²) < 4.78 is 6.66. The Hall–Kier alpha value is -3.41. The molecule has 3 aromatic rings. The van der Waals surface area contributed by atoms with E-state index in [0.29, 0.717) is 0 Å². The van der Waals surface area contributed by atoms with Crippen molar-refractivity contribution < 1.29 is 14.5 Å². The molecule has 0 aliphatic heterocycles. The van der Waals surface area contributed by atoms with Gasteiger partial charge in [0, 0.05) is 23.5 Å². The molecule has 0 amide bonds. The SMILES string of the molecule is COC(=O)Cn1c(-c2ccccc2)ccc1-c1ccc([N+](=O)[O-])cc1. The molecule has 0 fully saturated rings. The third-order valence-electron chi connectivity index (χ3n) is 3.94. The molecule has 0 aliphatic rings. The molecule has 0 aliphatic carbocycles. The minimum absolute atomic E-state index is 0.0260. The molecular formula is C19H16N2O4. The van der Waals surface area contributed by atoms with Gasteiger partial charge in [0.05, 0.1) is 12.0 Å². The largest absolute Gasteiger partial charge is 0.468 e. The minimum Gasteiger partial charge on any atom is -0.468 e. The van der Waals surface area contributed by atoms with Gasteiger partial charge in [-0.1, -0.05) is 30.3 Å². The van der Waals surface area contributed by atoms with Crippen LogP contribution in [0.3, 0.4) is 0 Å². The second-order valence-electron chi connectivity index (χ2n) is 5.44. The zero-order valence-corrected chi connectivity index (χ0v) is 13.6. The van der Waals surface area contributed by atoms with Crippen molar-refractivity contribution in [3.63, 3.8) is 0 Å². The molecule has 1 heterocycles. The number of hydrogen-bond acceptors (Lipinski definition) is 4. The van der Waals surface area contributed by atoms with Crippen LogP contribution in [0.25, 0.3) is 22.5 Å². The number of aromatic nitrogens is 1. The first-order chi connectivity index (χ1) is 12.1. The molecule has 25 heavy (non-hydrogen) atoms. The summed E-state index contributed by atoms with van der Waals surface area (Å²) >= 11 is 0. The Labute approximate surface area is 144 Å². The normalized spacial score (nSPS) is 10.4. The van der Waals surface area contributed by atoms with Gasteiger partial charge in [-0.2, -0.15) is 0 Å². The number of methoxy groups -OCH3 is 1. The van der Waals surface area contributed by atoms with Crippen molar-refractivity contribution in [2.24, 2.45) is 0 Å². The number of carbonyl (C=O) groups is 1. The third-order valence-corrected chi connectivity index (χ3v) is 3.94. The van der Waals surface area contributed by atoms with E-state index >= 15 is 0 Å². The zero-order chi connectivity index (χ0) is 17.8. The lowest BCUT2D eigenvalue weighted by Crippen LogP contribution is -2.13. The second kappa shape index (κ2) is 7.00. The Bertz CT molecular complexity index is 899. The van der Waals surface area contributed by atoms with Gasteiger partial charge in [-0.3, -0.25) is 14.9 Å². The van der Waals surface area contributed by atoms with Gasteiger partial charge >= 0.3 is 5.97 Å². The summed E-state index contributed by atoms with van der Waals surface area (Å²) in [5.41, 5.74) is 3.45. The van der Waals surface area contributed by atoms with E-state index in [9.17, 15) is 14.9 Å². The van der Waals surface area contributed by atoms with Gasteiger partial charge in [0.1, 0.15) is 6.54 Å². The van der Waals surface area contributed by atoms with Crippen LogP contribution in [-0.2, 0) is 16.1 Å². The Kier molecular flexibility index (Phi) is 4.61. The van der Waals surface area contributed by atoms with Crippen molar-refractivity contribution >= 4 is 11.7 Å². The molecule has 6 heteroatoms. The molecule has 0 spiro atoms. The number of benzene rings is 2. The van der Waals surface area contributed by atoms with E-state index in [1.807, 2.05) is 47.0 Å². The maximum absolute atomic E-state index is 11.9. The van der Waals surface area contributed by atoms with Gasteiger partial charge in [-0.05, 0) is 35.4 Å². The van der Waals surface area contributed by atoms with E-state index in [2.05, 4.69) is 0 Å². The van der Waals surface area contributed by atoms with Crippen LogP contribution < -0.4 is 0 Å². The number of esters is 1. The van der Waals surface area contributed by atoms with Gasteiger partial charge in [0.25, 0.3) is 5.69 Å². The van der Waals surface area contributed by atoms with Crippen molar-refractivity contribution in [2.75, 3.05) is 7.11 Å². The maximum atomic E-state index is 11.9. The summed E-state index contributed by atoms with van der Waals surface area (Å²) in [5, 5.41) is 10.8. The molecule has 0 saturated carbocycles. The summed E-state index contributed by atoms with van der Waals surface area (Å²) in [6.07, 6.45) is 0. The first kappa shape index (κ1) is 16.4. The summed E-state index contributed by atoms with van der Waals surface area (Å²) in [6.45, 7) is 0.0556. The molecule has 3 rings (SSSR count). The van der Waals surface area contributed by atoms with Crippen molar-refractivity contribution in [3.8, 4) is 22.5 Å². The zero-order valence-electron chi connectivity index (χ0n) is 13.6. The molecule has 0 N–H and O–H groups in total. The van der Waals surface area contributed by atoms with Gasteiger partial charge in [0.15, 0.2) is 0 Å². The first-order valence-electron chi connectivity index (χ1n) is 7.66. The van der Waals surface area contributed by atoms with Crippen molar-refractivity contribution in [1.29, 1.82) is 0 Å². The maximum Gasteiger partial charge on any atom is 0.325 e. The monoisotopic (exact) mass is 336 g/mol. The van der Waals surface area contributed by atoms with Gasteiger partial charge < -0.3 is 9.30 Å². The Morgan fingerprint density at radius 1 is 0.960 bits per heavy atom. The van der Waals surface area contributed by atoms with Gasteiger partial charge in [-0.15, -0.1) is 0 Å². The Balaban J connectivity index is 2.08. The number of nitro groups is 1. The number of carbonyl (C=O) groups excluding carboxylic acids is 1. The summed E-state index contributed by atoms with van der Waals surface area (Å²) in [4.78, 5) is 22.2. The fourth-order valence-electron chi connectivity index (χ4n) is 2.70. The third kappa shape index (κ3) is 3.42. The number of rotatable bonds is 5. The average Bonchev–Trinajstić information content (AvgIpc) is 3.05. The summed E-state index contributed by atoms with van der Waals surface area (Å²) in [6, 6.07) is 19.8. The Morgan fingerprint density at radius 2 is 1.52 bits per heavy atom. The first-order valence-corrected chi connectivity index (χ1v) is 7.66. The van der Waals surface area contributed by atoms with Crippen LogP contribution in [-0.4, -0.2) is 22.6 Å². The number of nitro benzene ring substituents is 1. The average molecular weight is 336 g/mol.